The molecule has 0 saturated heterocycles. The van der Waals surface area contributed by atoms with Gasteiger partial charge in [-0.1, -0.05) is 83.7 Å². The molecule has 16 nitrogen and oxygen atoms in total. The van der Waals surface area contributed by atoms with E-state index >= 15 is 0 Å². The molecule has 4 rings (SSSR count). The Labute approximate surface area is 410 Å². The summed E-state index contributed by atoms with van der Waals surface area (Å²) in [7, 11) is -4.10. The maximum absolute atomic E-state index is 12.7. The lowest BCUT2D eigenvalue weighted by molar-refractivity contribution is -0.138. The van der Waals surface area contributed by atoms with E-state index in [0.717, 1.165) is 36.1 Å². The molecule has 0 spiro atoms. The van der Waals surface area contributed by atoms with E-state index in [1.54, 1.807) is 42.2 Å². The number of amides is 4. The molecule has 0 saturated carbocycles. The lowest BCUT2D eigenvalue weighted by Crippen LogP contribution is -2.35. The largest absolute Gasteiger partial charge is 0.480 e. The number of alkyl halides is 3. The third-order valence-corrected chi connectivity index (χ3v) is 10.8. The van der Waals surface area contributed by atoms with Crippen molar-refractivity contribution in [2.24, 2.45) is 0 Å². The number of para-hydroxylation sites is 1. The van der Waals surface area contributed by atoms with Gasteiger partial charge in [-0.3, -0.25) is 38.8 Å². The molecular formula is C44H56Cl5N4O12P. The predicted molar refractivity (Wildman–Crippen MR) is 260 cm³/mol. The predicted octanol–water partition coefficient (Wildman–Crippen LogP) is 8.14. The number of rotatable bonds is 19. The van der Waals surface area contributed by atoms with Crippen LogP contribution in [0, 0.1) is 6.92 Å². The smallest absolute Gasteiger partial charge is 0.349 e. The number of halogens is 5. The first-order chi connectivity index (χ1) is 31.1. The van der Waals surface area contributed by atoms with E-state index in [1.165, 1.54) is 15.9 Å². The fourth-order valence-electron chi connectivity index (χ4n) is 6.07. The van der Waals surface area contributed by atoms with Crippen LogP contribution in [0.2, 0.25) is 5.02 Å². The standard InChI is InChI=1S/C19H17Cl2NO4.C14H20ClNO2.C8H11Cl2NO.C3H8NO5P/c1-2-26-19(25)16(21)10-11-9-12(7-8-15(11)20)22-17(23)13-5-3-4-6-14(13)18(22)24;1-4-12-8-6-7-11(3)14(12)16(10-18-5-2)13(17)9-15;1-3-5-11(6-4-2)8(12)7(9)10;5-3(6)1-4-2-10(7,8)9/h7-10H,2-6H2,1H3;6-8H,4-5,9-10H2,1-3H3;3-4,7H,1-2,5-6H2;4H,1-2H2,(H,5,6)(H2,7,8,9)/b16-10-;;;. The molecule has 1 heterocycles. The molecule has 2 aromatic rings. The van der Waals surface area contributed by atoms with Gasteiger partial charge in [-0.2, -0.15) is 0 Å². The van der Waals surface area contributed by atoms with Crippen LogP contribution in [0.4, 0.5) is 11.4 Å². The highest BCUT2D eigenvalue weighted by molar-refractivity contribution is 7.51. The lowest BCUT2D eigenvalue weighted by Gasteiger charge is -2.25. The highest BCUT2D eigenvalue weighted by Crippen LogP contribution is 2.37. The number of esters is 1. The van der Waals surface area contributed by atoms with E-state index in [0.29, 0.717) is 60.0 Å². The molecule has 0 radical (unpaired) electrons. The number of hydrogen-bond acceptors (Lipinski definition) is 10. The van der Waals surface area contributed by atoms with Crippen LogP contribution in [0.1, 0.15) is 63.1 Å². The number of ether oxygens (including phenoxy) is 2. The van der Waals surface area contributed by atoms with Gasteiger partial charge in [0.05, 0.1) is 30.8 Å². The number of imide groups is 1. The molecule has 2 aromatic carbocycles. The molecular weight excluding hydrogens is 985 g/mol. The number of hydrogen-bond donors (Lipinski definition) is 4. The van der Waals surface area contributed by atoms with Gasteiger partial charge in [0.2, 0.25) is 5.91 Å². The van der Waals surface area contributed by atoms with Gasteiger partial charge in [0, 0.05) is 35.9 Å². The number of nitrogens with zero attached hydrogens (tertiary/aromatic N) is 3. The van der Waals surface area contributed by atoms with Crippen LogP contribution in [-0.4, -0.2) is 112 Å². The summed E-state index contributed by atoms with van der Waals surface area (Å²) in [4.78, 5) is 89.5. The second-order valence-electron chi connectivity index (χ2n) is 13.8. The number of carboxylic acids is 1. The van der Waals surface area contributed by atoms with E-state index in [2.05, 4.69) is 25.4 Å². The topological polar surface area (TPSA) is 220 Å². The summed E-state index contributed by atoms with van der Waals surface area (Å²) < 4.78 is 20.3. The molecule has 0 bridgehead atoms. The fourth-order valence-corrected chi connectivity index (χ4v) is 7.24. The Morgan fingerprint density at radius 1 is 0.970 bits per heavy atom. The Bertz CT molecular complexity index is 2110. The Morgan fingerprint density at radius 3 is 2.03 bits per heavy atom. The maximum atomic E-state index is 12.7. The van der Waals surface area contributed by atoms with E-state index in [1.807, 2.05) is 32.0 Å². The van der Waals surface area contributed by atoms with Gasteiger partial charge in [-0.15, -0.1) is 24.8 Å². The Morgan fingerprint density at radius 2 is 1.56 bits per heavy atom. The van der Waals surface area contributed by atoms with Crippen LogP contribution in [0.5, 0.6) is 0 Å². The average Bonchev–Trinajstić information content (AvgIpc) is 3.52. The minimum absolute atomic E-state index is 0.0371. The summed E-state index contributed by atoms with van der Waals surface area (Å²) in [6.07, 6.45) is 7.94. The molecule has 4 amide bonds. The summed E-state index contributed by atoms with van der Waals surface area (Å²) >= 11 is 28.6. The van der Waals surface area contributed by atoms with Gasteiger partial charge in [0.15, 0.2) is 4.84 Å². The third kappa shape index (κ3) is 20.0. The van der Waals surface area contributed by atoms with Crippen molar-refractivity contribution < 1.29 is 57.7 Å². The summed E-state index contributed by atoms with van der Waals surface area (Å²) in [5.74, 6) is -2.86. The number of anilines is 2. The quantitative estimate of drug-likeness (QED) is 0.0199. The number of benzene rings is 2. The summed E-state index contributed by atoms with van der Waals surface area (Å²) in [5.41, 5.74) is 5.17. The highest BCUT2D eigenvalue weighted by atomic mass is 35.5. The zero-order valence-electron chi connectivity index (χ0n) is 37.1. The normalized spacial score (nSPS) is 13.3. The number of carboxylic acid groups (broad SMARTS) is 1. The molecule has 4 N–H and O–H groups in total. The van der Waals surface area contributed by atoms with Gasteiger partial charge in [0.25, 0.3) is 17.7 Å². The van der Waals surface area contributed by atoms with E-state index < -0.39 is 37.2 Å². The summed E-state index contributed by atoms with van der Waals surface area (Å²) in [6, 6.07) is 10.8. The van der Waals surface area contributed by atoms with Crippen molar-refractivity contribution in [3.05, 3.63) is 99.6 Å². The van der Waals surface area contributed by atoms with Crippen LogP contribution >= 0.6 is 65.6 Å². The SMILES string of the molecule is C=CCN(CC=C)C(=O)C(Cl)Cl.CCOC(=O)/C(Cl)=C/c1cc(N2C(=O)C3=C(CCCC3)C2=O)ccc1Cl.CCOCN(C(=O)CCl)c1c(C)cccc1CC.O=C(O)CNCP(=O)(O)O. The van der Waals surface area contributed by atoms with Crippen molar-refractivity contribution in [2.45, 2.75) is 64.6 Å². The van der Waals surface area contributed by atoms with Crippen molar-refractivity contribution >= 4 is 119 Å². The third-order valence-electron chi connectivity index (χ3n) is 8.98. The summed E-state index contributed by atoms with van der Waals surface area (Å²) in [6.45, 7) is 16.1. The lowest BCUT2D eigenvalue weighted by atomic mass is 9.93. The van der Waals surface area contributed by atoms with Crippen molar-refractivity contribution in [3.63, 3.8) is 0 Å². The van der Waals surface area contributed by atoms with Crippen LogP contribution in [0.25, 0.3) is 6.08 Å². The van der Waals surface area contributed by atoms with Gasteiger partial charge in [-0.05, 0) is 93.8 Å². The van der Waals surface area contributed by atoms with Gasteiger partial charge in [-0.25, -0.2) is 9.69 Å². The highest BCUT2D eigenvalue weighted by Gasteiger charge is 2.39. The maximum Gasteiger partial charge on any atom is 0.349 e. The van der Waals surface area contributed by atoms with Crippen molar-refractivity contribution in [1.82, 2.24) is 10.2 Å². The van der Waals surface area contributed by atoms with Crippen molar-refractivity contribution in [3.8, 4) is 0 Å². The molecule has 0 atom stereocenters. The van der Waals surface area contributed by atoms with Crippen LogP contribution < -0.4 is 15.1 Å². The second kappa shape index (κ2) is 31.1. The molecule has 66 heavy (non-hydrogen) atoms. The number of aliphatic carboxylic acids is 1. The first kappa shape index (κ1) is 60.0. The van der Waals surface area contributed by atoms with E-state index in [4.69, 9.17) is 82.4 Å². The zero-order valence-corrected chi connectivity index (χ0v) is 41.7. The van der Waals surface area contributed by atoms with Gasteiger partial charge >= 0.3 is 19.5 Å². The second-order valence-corrected chi connectivity index (χ2v) is 17.6. The Hall–Kier alpha value is -4.06. The van der Waals surface area contributed by atoms with Gasteiger partial charge < -0.3 is 29.3 Å². The Kier molecular flexibility index (Phi) is 28.2. The van der Waals surface area contributed by atoms with Crippen molar-refractivity contribution in [1.29, 1.82) is 0 Å². The number of carbonyl (C=O) groups is 6. The molecule has 22 heteroatoms. The molecule has 1 aliphatic carbocycles. The van der Waals surface area contributed by atoms with Crippen LogP contribution in [-0.2, 0) is 49.2 Å². The molecule has 0 aromatic heterocycles. The van der Waals surface area contributed by atoms with Gasteiger partial charge in [0.1, 0.15) is 17.6 Å². The first-order valence-corrected chi connectivity index (χ1v) is 24.3. The number of nitrogens with one attached hydrogen (secondary N) is 1. The first-order valence-electron chi connectivity index (χ1n) is 20.4. The summed E-state index contributed by atoms with van der Waals surface area (Å²) in [5, 5.41) is 10.3. The monoisotopic (exact) mass is 1040 g/mol. The van der Waals surface area contributed by atoms with Crippen molar-refractivity contribution in [2.75, 3.05) is 61.5 Å². The molecule has 2 aliphatic rings. The Balaban J connectivity index is 0.000000475. The fraction of sp³-hybridized carbons (Fsp3) is 0.409. The minimum Gasteiger partial charge on any atom is -0.480 e. The minimum atomic E-state index is -4.10. The van der Waals surface area contributed by atoms with Crippen LogP contribution in [0.3, 0.4) is 0 Å². The van der Waals surface area contributed by atoms with E-state index in [9.17, 15) is 33.3 Å². The molecule has 0 fully saturated rings. The average molecular weight is 1040 g/mol. The molecule has 0 unspecified atom stereocenters. The number of carbonyl (C=O) groups excluding carboxylic acids is 5. The van der Waals surface area contributed by atoms with E-state index in [-0.39, 0.29) is 47.9 Å². The molecule has 364 valence electrons. The van der Waals surface area contributed by atoms with Crippen LogP contribution in [0.15, 0.2) is 77.9 Å². The molecule has 1 aliphatic heterocycles. The number of aryl methyl sites for hydroxylation is 2. The zero-order chi connectivity index (χ0) is 50.1.